The summed E-state index contributed by atoms with van der Waals surface area (Å²) >= 11 is 7.13. The van der Waals surface area contributed by atoms with Gasteiger partial charge in [-0.25, -0.2) is 0 Å². The summed E-state index contributed by atoms with van der Waals surface area (Å²) in [6.07, 6.45) is 0.914. The summed E-state index contributed by atoms with van der Waals surface area (Å²) in [6.45, 7) is 4.04. The quantitative estimate of drug-likeness (QED) is 0.493. The summed E-state index contributed by atoms with van der Waals surface area (Å²) in [6, 6.07) is 12.9. The second-order valence-electron chi connectivity index (χ2n) is 6.99. The Bertz CT molecular complexity index is 1080. The number of halogens is 1. The number of rotatable bonds is 8. The first kappa shape index (κ1) is 22.8. The molecule has 0 aliphatic heterocycles. The number of nitrogens with zero attached hydrogens (tertiary/aromatic N) is 3. The molecule has 0 aliphatic rings. The first-order valence-corrected chi connectivity index (χ1v) is 11.2. The van der Waals surface area contributed by atoms with E-state index in [1.165, 1.54) is 11.8 Å². The maximum atomic E-state index is 12.5. The maximum absolute atomic E-state index is 12.5. The third-order valence-corrected chi connectivity index (χ3v) is 5.98. The van der Waals surface area contributed by atoms with Crippen LogP contribution in [-0.2, 0) is 29.5 Å². The minimum absolute atomic E-state index is 0.0714. The molecule has 3 rings (SSSR count). The Morgan fingerprint density at radius 1 is 1.06 bits per heavy atom. The van der Waals surface area contributed by atoms with Gasteiger partial charge < -0.3 is 15.2 Å². The van der Waals surface area contributed by atoms with Crippen molar-refractivity contribution >= 4 is 46.6 Å². The highest BCUT2D eigenvalue weighted by Gasteiger charge is 2.15. The number of benzene rings is 2. The highest BCUT2D eigenvalue weighted by molar-refractivity contribution is 7.99. The molecule has 7 nitrogen and oxygen atoms in total. The van der Waals surface area contributed by atoms with E-state index in [-0.39, 0.29) is 24.0 Å². The maximum Gasteiger partial charge on any atom is 0.234 e. The minimum atomic E-state index is -0.209. The zero-order chi connectivity index (χ0) is 22.4. The number of carbonyl (C=O) groups is 2. The third kappa shape index (κ3) is 6.08. The average molecular weight is 458 g/mol. The Morgan fingerprint density at radius 3 is 2.52 bits per heavy atom. The predicted octanol–water partition coefficient (Wildman–Crippen LogP) is 4.25. The summed E-state index contributed by atoms with van der Waals surface area (Å²) in [5.41, 5.74) is 3.66. The van der Waals surface area contributed by atoms with E-state index in [1.54, 1.807) is 35.9 Å². The van der Waals surface area contributed by atoms with E-state index in [1.807, 2.05) is 25.1 Å². The molecule has 0 fully saturated rings. The second kappa shape index (κ2) is 10.5. The number of aryl methyl sites for hydroxylation is 2. The van der Waals surface area contributed by atoms with Gasteiger partial charge in [-0.1, -0.05) is 48.5 Å². The number of para-hydroxylation sites is 1. The number of hydrogen-bond donors (Lipinski definition) is 2. The molecule has 2 N–H and O–H groups in total. The molecule has 1 aromatic heterocycles. The summed E-state index contributed by atoms with van der Waals surface area (Å²) in [5, 5.41) is 15.2. The minimum Gasteiger partial charge on any atom is -0.326 e. The van der Waals surface area contributed by atoms with Gasteiger partial charge in [-0.3, -0.25) is 9.59 Å². The van der Waals surface area contributed by atoms with E-state index in [2.05, 4.69) is 27.8 Å². The lowest BCUT2D eigenvalue weighted by Gasteiger charge is -2.12. The van der Waals surface area contributed by atoms with Crippen molar-refractivity contribution in [3.63, 3.8) is 0 Å². The number of thioether (sulfide) groups is 1. The number of anilines is 2. The van der Waals surface area contributed by atoms with Crippen molar-refractivity contribution in [2.75, 3.05) is 16.4 Å². The summed E-state index contributed by atoms with van der Waals surface area (Å²) in [7, 11) is 1.78. The fourth-order valence-corrected chi connectivity index (χ4v) is 3.87. The number of hydrogen-bond acceptors (Lipinski definition) is 5. The van der Waals surface area contributed by atoms with Crippen LogP contribution in [0.4, 0.5) is 11.4 Å². The third-order valence-electron chi connectivity index (χ3n) is 4.71. The normalized spacial score (nSPS) is 10.7. The van der Waals surface area contributed by atoms with E-state index in [9.17, 15) is 9.59 Å². The van der Waals surface area contributed by atoms with E-state index >= 15 is 0 Å². The summed E-state index contributed by atoms with van der Waals surface area (Å²) in [4.78, 5) is 24.8. The highest BCUT2D eigenvalue weighted by Crippen LogP contribution is 2.22. The Hall–Kier alpha value is -2.84. The lowest BCUT2D eigenvalue weighted by Crippen LogP contribution is -2.17. The molecule has 3 aromatic rings. The van der Waals surface area contributed by atoms with Crippen molar-refractivity contribution in [2.24, 2.45) is 7.05 Å². The largest absolute Gasteiger partial charge is 0.326 e. The first-order valence-electron chi connectivity index (χ1n) is 9.82. The molecule has 31 heavy (non-hydrogen) atoms. The summed E-state index contributed by atoms with van der Waals surface area (Å²) in [5.74, 6) is 0.389. The molecule has 2 amide bonds. The molecule has 0 spiro atoms. The first-order chi connectivity index (χ1) is 14.9. The van der Waals surface area contributed by atoms with Crippen molar-refractivity contribution in [2.45, 2.75) is 31.8 Å². The van der Waals surface area contributed by atoms with Crippen LogP contribution in [0.15, 0.2) is 47.6 Å². The molecule has 0 radical (unpaired) electrons. The molecule has 162 valence electrons. The van der Waals surface area contributed by atoms with E-state index in [0.717, 1.165) is 23.2 Å². The van der Waals surface area contributed by atoms with Crippen molar-refractivity contribution in [3.05, 3.63) is 64.4 Å². The van der Waals surface area contributed by atoms with Gasteiger partial charge in [0.25, 0.3) is 0 Å². The van der Waals surface area contributed by atoms with Crippen LogP contribution in [-0.4, -0.2) is 32.3 Å². The standard InChI is InChI=1S/C22H24ClN5O2S/c1-4-15-7-5-6-14(2)21(15)25-20(30)13-31-22-27-26-18(28(22)3)12-19(29)24-17-10-8-16(23)9-11-17/h5-11H,4,12-13H2,1-3H3,(H,24,29)(H,25,30). The van der Waals surface area contributed by atoms with Crippen LogP contribution in [0.3, 0.4) is 0 Å². The van der Waals surface area contributed by atoms with Crippen LogP contribution in [0.5, 0.6) is 0 Å². The molecule has 0 unspecified atom stereocenters. The van der Waals surface area contributed by atoms with Crippen molar-refractivity contribution in [1.82, 2.24) is 14.8 Å². The Kier molecular flexibility index (Phi) is 7.70. The second-order valence-corrected chi connectivity index (χ2v) is 8.37. The molecule has 0 atom stereocenters. The van der Waals surface area contributed by atoms with Crippen molar-refractivity contribution < 1.29 is 9.59 Å². The number of aromatic nitrogens is 3. The van der Waals surface area contributed by atoms with Crippen molar-refractivity contribution in [1.29, 1.82) is 0 Å². The van der Waals surface area contributed by atoms with Gasteiger partial charge in [-0.05, 0) is 48.7 Å². The van der Waals surface area contributed by atoms with Gasteiger partial charge in [-0.15, -0.1) is 10.2 Å². The molecule has 2 aromatic carbocycles. The van der Waals surface area contributed by atoms with Crippen molar-refractivity contribution in [3.8, 4) is 0 Å². The van der Waals surface area contributed by atoms with Crippen LogP contribution in [0.25, 0.3) is 0 Å². The van der Waals surface area contributed by atoms with Crippen LogP contribution < -0.4 is 10.6 Å². The van der Waals surface area contributed by atoms with Crippen LogP contribution in [0.1, 0.15) is 23.9 Å². The summed E-state index contributed by atoms with van der Waals surface area (Å²) < 4.78 is 1.73. The molecule has 0 aliphatic carbocycles. The Labute approximate surface area is 190 Å². The highest BCUT2D eigenvalue weighted by atomic mass is 35.5. The fraction of sp³-hybridized carbons (Fsp3) is 0.273. The Morgan fingerprint density at radius 2 is 1.81 bits per heavy atom. The van der Waals surface area contributed by atoms with E-state index in [4.69, 9.17) is 11.6 Å². The molecular formula is C22H24ClN5O2S. The van der Waals surface area contributed by atoms with Crippen LogP contribution >= 0.6 is 23.4 Å². The topological polar surface area (TPSA) is 88.9 Å². The SMILES string of the molecule is CCc1cccc(C)c1NC(=O)CSc1nnc(CC(=O)Nc2ccc(Cl)cc2)n1C. The zero-order valence-electron chi connectivity index (χ0n) is 17.6. The average Bonchev–Trinajstić information content (AvgIpc) is 3.09. The van der Waals surface area contributed by atoms with Gasteiger partial charge in [0.2, 0.25) is 11.8 Å². The van der Waals surface area contributed by atoms with Crippen LogP contribution in [0.2, 0.25) is 5.02 Å². The number of amides is 2. The lowest BCUT2D eigenvalue weighted by atomic mass is 10.1. The predicted molar refractivity (Wildman–Crippen MR) is 125 cm³/mol. The van der Waals surface area contributed by atoms with Gasteiger partial charge in [-0.2, -0.15) is 0 Å². The lowest BCUT2D eigenvalue weighted by molar-refractivity contribution is -0.116. The smallest absolute Gasteiger partial charge is 0.234 e. The van der Waals surface area contributed by atoms with Crippen LogP contribution in [0, 0.1) is 6.92 Å². The molecule has 9 heteroatoms. The van der Waals surface area contributed by atoms with Gasteiger partial charge in [0, 0.05) is 23.4 Å². The van der Waals surface area contributed by atoms with Gasteiger partial charge in [0.05, 0.1) is 12.2 Å². The molecule has 0 saturated heterocycles. The molecule has 0 saturated carbocycles. The molecule has 0 bridgehead atoms. The molecule has 1 heterocycles. The zero-order valence-corrected chi connectivity index (χ0v) is 19.2. The van der Waals surface area contributed by atoms with Gasteiger partial charge in [0.15, 0.2) is 5.16 Å². The number of carbonyl (C=O) groups excluding carboxylic acids is 2. The van der Waals surface area contributed by atoms with Gasteiger partial charge in [0.1, 0.15) is 5.82 Å². The fourth-order valence-electron chi connectivity index (χ4n) is 3.01. The Balaban J connectivity index is 1.56. The monoisotopic (exact) mass is 457 g/mol. The van der Waals surface area contributed by atoms with E-state index in [0.29, 0.717) is 21.7 Å². The number of nitrogens with one attached hydrogen (secondary N) is 2. The molecular weight excluding hydrogens is 434 g/mol. The van der Waals surface area contributed by atoms with Gasteiger partial charge >= 0.3 is 0 Å². The van der Waals surface area contributed by atoms with E-state index < -0.39 is 0 Å².